The van der Waals surface area contributed by atoms with Gasteiger partial charge in [-0.05, 0) is 103 Å². The number of aliphatic hydroxyl groups is 1. The van der Waals surface area contributed by atoms with Gasteiger partial charge in [0.1, 0.15) is 11.9 Å². The van der Waals surface area contributed by atoms with E-state index in [1.807, 2.05) is 0 Å². The first-order valence-corrected chi connectivity index (χ1v) is 13.4. The predicted molar refractivity (Wildman–Crippen MR) is 128 cm³/mol. The van der Waals surface area contributed by atoms with Crippen molar-refractivity contribution in [1.29, 1.82) is 0 Å². The van der Waals surface area contributed by atoms with Crippen LogP contribution in [0, 0.1) is 40.3 Å². The molecule has 6 rings (SSSR count). The lowest BCUT2D eigenvalue weighted by Gasteiger charge is -2.62. The van der Waals surface area contributed by atoms with Crippen molar-refractivity contribution < 1.29 is 24.0 Å². The van der Waals surface area contributed by atoms with Gasteiger partial charge in [0.2, 0.25) is 5.79 Å². The lowest BCUT2D eigenvalue weighted by atomic mass is 9.45. The van der Waals surface area contributed by atoms with E-state index in [0.29, 0.717) is 23.9 Å². The van der Waals surface area contributed by atoms with Gasteiger partial charge >= 0.3 is 0 Å². The first-order chi connectivity index (χ1) is 16.2. The molecule has 0 bridgehead atoms. The molecule has 1 aliphatic heterocycles. The Bertz CT molecular complexity index is 938. The van der Waals surface area contributed by atoms with Crippen LogP contribution in [-0.4, -0.2) is 29.7 Å². The lowest BCUT2D eigenvalue weighted by molar-refractivity contribution is -0.489. The molecule has 1 aromatic rings. The van der Waals surface area contributed by atoms with Crippen molar-refractivity contribution in [1.82, 2.24) is 0 Å². The van der Waals surface area contributed by atoms with Gasteiger partial charge in [-0.15, -0.1) is 0 Å². The number of hydrogen-bond donors (Lipinski definition) is 1. The third-order valence-electron chi connectivity index (χ3n) is 11.0. The number of ether oxygens (including phenoxy) is 1. The normalized spacial score (nSPS) is 48.1. The predicted octanol–water partition coefficient (Wildman–Crippen LogP) is 6.29. The van der Waals surface area contributed by atoms with Crippen LogP contribution in [0.4, 0.5) is 4.39 Å². The second kappa shape index (κ2) is 8.12. The second-order valence-corrected chi connectivity index (χ2v) is 12.4. The van der Waals surface area contributed by atoms with Gasteiger partial charge in [0.05, 0.1) is 12.7 Å². The van der Waals surface area contributed by atoms with Crippen molar-refractivity contribution in [2.75, 3.05) is 6.61 Å². The molecule has 4 nitrogen and oxygen atoms in total. The molecule has 9 atom stereocenters. The highest BCUT2D eigenvalue weighted by molar-refractivity contribution is 5.66. The average molecular weight is 471 g/mol. The van der Waals surface area contributed by atoms with Gasteiger partial charge in [0.15, 0.2) is 0 Å². The van der Waals surface area contributed by atoms with Crippen LogP contribution in [-0.2, 0) is 14.5 Å². The molecule has 0 aromatic heterocycles. The monoisotopic (exact) mass is 470 g/mol. The largest absolute Gasteiger partial charge is 0.393 e. The summed E-state index contributed by atoms with van der Waals surface area (Å²) in [5, 5.41) is 10.7. The van der Waals surface area contributed by atoms with E-state index in [4.69, 9.17) is 14.5 Å². The molecule has 1 N–H and O–H groups in total. The molecule has 5 heteroatoms. The van der Waals surface area contributed by atoms with E-state index < -0.39 is 5.79 Å². The fourth-order valence-electron chi connectivity index (χ4n) is 8.81. The zero-order valence-electron chi connectivity index (χ0n) is 20.6. The smallest absolute Gasteiger partial charge is 0.202 e. The number of aliphatic hydroxyl groups excluding tert-OH is 1. The Balaban J connectivity index is 1.13. The molecule has 5 aliphatic rings. The van der Waals surface area contributed by atoms with E-state index in [9.17, 15) is 9.50 Å². The lowest BCUT2D eigenvalue weighted by Crippen LogP contribution is -2.58. The maximum absolute atomic E-state index is 13.3. The fraction of sp³-hybridized carbons (Fsp3) is 0.724. The minimum absolute atomic E-state index is 0.114. The summed E-state index contributed by atoms with van der Waals surface area (Å²) in [6.07, 6.45) is 9.39. The van der Waals surface area contributed by atoms with Crippen molar-refractivity contribution in [2.45, 2.75) is 89.6 Å². The summed E-state index contributed by atoms with van der Waals surface area (Å²) in [5.74, 6) is 1.81. The van der Waals surface area contributed by atoms with Crippen LogP contribution in [0.25, 0.3) is 5.57 Å². The molecule has 1 spiro atoms. The molecule has 5 unspecified atom stereocenters. The molecule has 186 valence electrons. The molecule has 0 radical (unpaired) electrons. The van der Waals surface area contributed by atoms with E-state index in [-0.39, 0.29) is 23.4 Å². The first-order valence-electron chi connectivity index (χ1n) is 13.4. The minimum atomic E-state index is -0.663. The molecule has 1 aromatic carbocycles. The Labute approximate surface area is 202 Å². The van der Waals surface area contributed by atoms with Crippen LogP contribution in [0.15, 0.2) is 30.8 Å². The topological polar surface area (TPSA) is 47.9 Å². The highest BCUT2D eigenvalue weighted by Crippen LogP contribution is 2.67. The Hall–Kier alpha value is -1.27. The van der Waals surface area contributed by atoms with Crippen molar-refractivity contribution in [3.8, 4) is 0 Å². The summed E-state index contributed by atoms with van der Waals surface area (Å²) in [6, 6.07) is 6.30. The van der Waals surface area contributed by atoms with Crippen LogP contribution in [0.1, 0.15) is 77.2 Å². The standard InChI is InChI=1S/C29H39FO4/c1-18(19-4-7-21(30)8-5-19)25-17-32-29(34-33-25)15-14-27(2)20(16-29)6-9-22-23-10-11-26(31)28(23,3)13-12-24(22)27/h4-5,7-8,20,22-26,31H,1,6,9-17H2,2-3H3/t20-,22?,23?,24?,25?,26+,27+,28+,29?/m1/s1. The fourth-order valence-corrected chi connectivity index (χ4v) is 8.81. The molecule has 1 saturated heterocycles. The maximum Gasteiger partial charge on any atom is 0.202 e. The summed E-state index contributed by atoms with van der Waals surface area (Å²) in [4.78, 5) is 11.9. The summed E-state index contributed by atoms with van der Waals surface area (Å²) < 4.78 is 19.7. The van der Waals surface area contributed by atoms with E-state index in [1.165, 1.54) is 37.8 Å². The summed E-state index contributed by atoms with van der Waals surface area (Å²) in [6.45, 7) is 9.43. The molecule has 34 heavy (non-hydrogen) atoms. The second-order valence-electron chi connectivity index (χ2n) is 12.4. The molecule has 0 amide bonds. The maximum atomic E-state index is 13.3. The van der Waals surface area contributed by atoms with E-state index >= 15 is 0 Å². The number of hydrogen-bond acceptors (Lipinski definition) is 4. The first kappa shape index (κ1) is 23.1. The molecule has 4 saturated carbocycles. The van der Waals surface area contributed by atoms with Crippen molar-refractivity contribution in [2.24, 2.45) is 34.5 Å². The Morgan fingerprint density at radius 1 is 0.971 bits per heavy atom. The van der Waals surface area contributed by atoms with Crippen molar-refractivity contribution in [3.05, 3.63) is 42.2 Å². The minimum Gasteiger partial charge on any atom is -0.393 e. The summed E-state index contributed by atoms with van der Waals surface area (Å²) in [5.41, 5.74) is 2.03. The van der Waals surface area contributed by atoms with E-state index in [0.717, 1.165) is 55.1 Å². The molecular formula is C29H39FO4. The quantitative estimate of drug-likeness (QED) is 0.517. The highest BCUT2D eigenvalue weighted by Gasteiger charge is 2.62. The Morgan fingerprint density at radius 2 is 1.74 bits per heavy atom. The van der Waals surface area contributed by atoms with Crippen LogP contribution in [0.2, 0.25) is 0 Å². The van der Waals surface area contributed by atoms with E-state index in [2.05, 4.69) is 20.4 Å². The Morgan fingerprint density at radius 3 is 2.47 bits per heavy atom. The third kappa shape index (κ3) is 3.45. The van der Waals surface area contributed by atoms with Crippen molar-refractivity contribution >= 4 is 5.57 Å². The van der Waals surface area contributed by atoms with Gasteiger partial charge in [0.25, 0.3) is 0 Å². The van der Waals surface area contributed by atoms with Gasteiger partial charge < -0.3 is 9.84 Å². The molecule has 1 heterocycles. The van der Waals surface area contributed by atoms with Gasteiger partial charge in [-0.2, -0.15) is 0 Å². The van der Waals surface area contributed by atoms with Gasteiger partial charge in [-0.25, -0.2) is 14.2 Å². The van der Waals surface area contributed by atoms with E-state index in [1.54, 1.807) is 12.1 Å². The number of rotatable bonds is 2. The summed E-state index contributed by atoms with van der Waals surface area (Å²) in [7, 11) is 0. The van der Waals surface area contributed by atoms with Crippen LogP contribution in [0.3, 0.4) is 0 Å². The Kier molecular flexibility index (Phi) is 5.53. The van der Waals surface area contributed by atoms with Gasteiger partial charge in [-0.3, -0.25) is 0 Å². The van der Waals surface area contributed by atoms with Crippen molar-refractivity contribution in [3.63, 3.8) is 0 Å². The van der Waals surface area contributed by atoms with Crippen LogP contribution in [0.5, 0.6) is 0 Å². The average Bonchev–Trinajstić information content (AvgIpc) is 3.15. The zero-order valence-corrected chi connectivity index (χ0v) is 20.6. The molecule has 4 aliphatic carbocycles. The number of halogens is 1. The SMILES string of the molecule is C=C(c1ccc(F)cc1)C1COC2(CC[C@]3(C)C4CC[C@@]5(C)C(CC[C@@H]5O)C4CC[C@@H]3C2)OO1. The number of benzene rings is 1. The summed E-state index contributed by atoms with van der Waals surface area (Å²) >= 11 is 0. The molecule has 5 fully saturated rings. The molecular weight excluding hydrogens is 431 g/mol. The third-order valence-corrected chi connectivity index (χ3v) is 11.0. The zero-order chi connectivity index (χ0) is 23.7. The number of fused-ring (bicyclic) bond motifs is 5. The highest BCUT2D eigenvalue weighted by atomic mass is 19.1. The van der Waals surface area contributed by atoms with Crippen LogP contribution < -0.4 is 0 Å². The van der Waals surface area contributed by atoms with Gasteiger partial charge in [-0.1, -0.05) is 32.6 Å². The van der Waals surface area contributed by atoms with Crippen LogP contribution >= 0.6 is 0 Å². The van der Waals surface area contributed by atoms with Gasteiger partial charge in [0, 0.05) is 12.8 Å².